The van der Waals surface area contributed by atoms with Crippen LogP contribution in [0.1, 0.15) is 41.8 Å². The van der Waals surface area contributed by atoms with Crippen molar-refractivity contribution in [1.82, 2.24) is 10.3 Å². The minimum Gasteiger partial charge on any atom is -0.493 e. The molecule has 1 unspecified atom stereocenters. The molecule has 26 heavy (non-hydrogen) atoms. The summed E-state index contributed by atoms with van der Waals surface area (Å²) in [4.78, 5) is 16.5. The number of oxazole rings is 1. The number of carbonyl (C=O) groups excluding carboxylic acids is 1. The summed E-state index contributed by atoms with van der Waals surface area (Å²) in [5.41, 5.74) is 6.95. The van der Waals surface area contributed by atoms with E-state index in [0.29, 0.717) is 23.1 Å². The summed E-state index contributed by atoms with van der Waals surface area (Å²) in [6, 6.07) is 3.18. The summed E-state index contributed by atoms with van der Waals surface area (Å²) in [6.45, 7) is 4.17. The van der Waals surface area contributed by atoms with E-state index in [9.17, 15) is 4.79 Å². The van der Waals surface area contributed by atoms with Crippen LogP contribution in [-0.2, 0) is 6.54 Å². The molecule has 0 bridgehead atoms. The van der Waals surface area contributed by atoms with Gasteiger partial charge in [0.2, 0.25) is 11.6 Å². The van der Waals surface area contributed by atoms with Crippen molar-refractivity contribution in [2.75, 3.05) is 21.3 Å². The van der Waals surface area contributed by atoms with E-state index in [2.05, 4.69) is 10.3 Å². The fraction of sp³-hybridized carbons (Fsp3) is 0.444. The molecule has 1 heterocycles. The second-order valence-electron chi connectivity index (χ2n) is 6.06. The number of nitrogens with one attached hydrogen (secondary N) is 1. The summed E-state index contributed by atoms with van der Waals surface area (Å²) >= 11 is 0. The Labute approximate surface area is 152 Å². The average molecular weight is 363 g/mol. The summed E-state index contributed by atoms with van der Waals surface area (Å²) in [5, 5.41) is 2.78. The normalized spacial score (nSPS) is 12.0. The van der Waals surface area contributed by atoms with Gasteiger partial charge in [-0.1, -0.05) is 13.8 Å². The van der Waals surface area contributed by atoms with E-state index in [1.807, 2.05) is 13.8 Å². The molecule has 1 amide bonds. The number of carbonyl (C=O) groups is 1. The lowest BCUT2D eigenvalue weighted by Gasteiger charge is -2.14. The molecule has 0 aliphatic rings. The number of nitrogens with zero attached hydrogens (tertiary/aromatic N) is 1. The van der Waals surface area contributed by atoms with Gasteiger partial charge in [0, 0.05) is 6.54 Å². The SMILES string of the molecule is COc1cc(CNC(=O)c2coc(C(N)C(C)C)n2)cc(OC)c1OC. The Balaban J connectivity index is 2.10. The van der Waals surface area contributed by atoms with Crippen molar-refractivity contribution < 1.29 is 23.4 Å². The summed E-state index contributed by atoms with van der Waals surface area (Å²) in [5.74, 6) is 1.67. The molecule has 8 nitrogen and oxygen atoms in total. The Morgan fingerprint density at radius 2 is 1.81 bits per heavy atom. The van der Waals surface area contributed by atoms with Gasteiger partial charge in [0.15, 0.2) is 17.2 Å². The molecule has 0 radical (unpaired) electrons. The van der Waals surface area contributed by atoms with E-state index in [0.717, 1.165) is 5.56 Å². The zero-order valence-electron chi connectivity index (χ0n) is 15.7. The van der Waals surface area contributed by atoms with E-state index < -0.39 is 0 Å². The zero-order valence-corrected chi connectivity index (χ0v) is 15.7. The highest BCUT2D eigenvalue weighted by Crippen LogP contribution is 2.38. The van der Waals surface area contributed by atoms with Crippen LogP contribution in [0.3, 0.4) is 0 Å². The molecule has 0 aliphatic heterocycles. The molecule has 1 aromatic heterocycles. The van der Waals surface area contributed by atoms with Gasteiger partial charge in [0.1, 0.15) is 6.26 Å². The molecule has 2 aromatic rings. The number of nitrogens with two attached hydrogens (primary N) is 1. The maximum absolute atomic E-state index is 12.3. The zero-order chi connectivity index (χ0) is 19.3. The topological polar surface area (TPSA) is 109 Å². The summed E-state index contributed by atoms with van der Waals surface area (Å²) < 4.78 is 21.2. The van der Waals surface area contributed by atoms with Gasteiger partial charge in [-0.3, -0.25) is 4.79 Å². The molecule has 1 aromatic carbocycles. The van der Waals surface area contributed by atoms with Crippen LogP contribution in [0.5, 0.6) is 17.2 Å². The number of aromatic nitrogens is 1. The molecule has 1 atom stereocenters. The highest BCUT2D eigenvalue weighted by Gasteiger charge is 2.20. The third kappa shape index (κ3) is 4.26. The summed E-state index contributed by atoms with van der Waals surface area (Å²) in [7, 11) is 4.61. The van der Waals surface area contributed by atoms with Crippen LogP contribution in [0.15, 0.2) is 22.8 Å². The molecule has 0 fully saturated rings. The predicted molar refractivity (Wildman–Crippen MR) is 95.5 cm³/mol. The Kier molecular flexibility index (Phi) is 6.46. The standard InChI is InChI=1S/C18H25N3O5/c1-10(2)15(19)18-21-12(9-26-18)17(22)20-8-11-6-13(23-3)16(25-5)14(7-11)24-4/h6-7,9-10,15H,8,19H2,1-5H3,(H,20,22). The number of methoxy groups -OCH3 is 3. The lowest BCUT2D eigenvalue weighted by atomic mass is 10.1. The van der Waals surface area contributed by atoms with Crippen LogP contribution in [0.25, 0.3) is 0 Å². The van der Waals surface area contributed by atoms with E-state index in [1.54, 1.807) is 12.1 Å². The number of amides is 1. The van der Waals surface area contributed by atoms with Gasteiger partial charge >= 0.3 is 0 Å². The summed E-state index contributed by atoms with van der Waals surface area (Å²) in [6.07, 6.45) is 1.31. The lowest BCUT2D eigenvalue weighted by Crippen LogP contribution is -2.24. The smallest absolute Gasteiger partial charge is 0.273 e. The Hall–Kier alpha value is -2.74. The highest BCUT2D eigenvalue weighted by molar-refractivity contribution is 5.91. The quantitative estimate of drug-likeness (QED) is 0.740. The maximum Gasteiger partial charge on any atom is 0.273 e. The van der Waals surface area contributed by atoms with Gasteiger partial charge in [0.25, 0.3) is 5.91 Å². The minimum atomic E-state index is -0.357. The second-order valence-corrected chi connectivity index (χ2v) is 6.06. The van der Waals surface area contributed by atoms with Crippen molar-refractivity contribution in [3.63, 3.8) is 0 Å². The van der Waals surface area contributed by atoms with Gasteiger partial charge in [-0.15, -0.1) is 0 Å². The second kappa shape index (κ2) is 8.57. The fourth-order valence-corrected chi connectivity index (χ4v) is 2.34. The average Bonchev–Trinajstić information content (AvgIpc) is 3.14. The maximum atomic E-state index is 12.3. The number of ether oxygens (including phenoxy) is 3. The molecule has 8 heteroatoms. The lowest BCUT2D eigenvalue weighted by molar-refractivity contribution is 0.0945. The third-order valence-corrected chi connectivity index (χ3v) is 3.94. The molecule has 0 saturated heterocycles. The first-order chi connectivity index (χ1) is 12.4. The Morgan fingerprint density at radius 1 is 1.19 bits per heavy atom. The molecule has 0 saturated carbocycles. The number of benzene rings is 1. The van der Waals surface area contributed by atoms with Crippen molar-refractivity contribution in [1.29, 1.82) is 0 Å². The van der Waals surface area contributed by atoms with Crippen molar-refractivity contribution >= 4 is 5.91 Å². The van der Waals surface area contributed by atoms with Crippen LogP contribution >= 0.6 is 0 Å². The van der Waals surface area contributed by atoms with E-state index in [4.69, 9.17) is 24.4 Å². The number of rotatable bonds is 8. The van der Waals surface area contributed by atoms with E-state index in [1.165, 1.54) is 27.6 Å². The van der Waals surface area contributed by atoms with E-state index >= 15 is 0 Å². The molecule has 142 valence electrons. The van der Waals surface area contributed by atoms with Gasteiger partial charge in [0.05, 0.1) is 27.4 Å². The van der Waals surface area contributed by atoms with Crippen molar-refractivity contribution in [2.24, 2.45) is 11.7 Å². The number of hydrogen-bond donors (Lipinski definition) is 2. The van der Waals surface area contributed by atoms with Crippen LogP contribution in [0.2, 0.25) is 0 Å². The van der Waals surface area contributed by atoms with Crippen LogP contribution in [0, 0.1) is 5.92 Å². The number of hydrogen-bond acceptors (Lipinski definition) is 7. The molecule has 0 aliphatic carbocycles. The first kappa shape index (κ1) is 19.6. The van der Waals surface area contributed by atoms with Crippen molar-refractivity contribution in [3.05, 3.63) is 35.5 Å². The Bertz CT molecular complexity index is 732. The van der Waals surface area contributed by atoms with Crippen LogP contribution in [0.4, 0.5) is 0 Å². The van der Waals surface area contributed by atoms with Gasteiger partial charge in [-0.25, -0.2) is 4.98 Å². The molecular weight excluding hydrogens is 338 g/mol. The predicted octanol–water partition coefficient (Wildman–Crippen LogP) is 2.29. The van der Waals surface area contributed by atoms with Crippen LogP contribution in [-0.4, -0.2) is 32.2 Å². The first-order valence-corrected chi connectivity index (χ1v) is 8.19. The van der Waals surface area contributed by atoms with Gasteiger partial charge in [-0.2, -0.15) is 0 Å². The Morgan fingerprint density at radius 3 is 2.31 bits per heavy atom. The van der Waals surface area contributed by atoms with Crippen molar-refractivity contribution in [2.45, 2.75) is 26.4 Å². The first-order valence-electron chi connectivity index (χ1n) is 8.19. The van der Waals surface area contributed by atoms with E-state index in [-0.39, 0.29) is 30.1 Å². The third-order valence-electron chi connectivity index (χ3n) is 3.94. The monoisotopic (exact) mass is 363 g/mol. The molecule has 2 rings (SSSR count). The minimum absolute atomic E-state index is 0.156. The molecule has 3 N–H and O–H groups in total. The molecule has 0 spiro atoms. The highest BCUT2D eigenvalue weighted by atomic mass is 16.5. The van der Waals surface area contributed by atoms with Crippen molar-refractivity contribution in [3.8, 4) is 17.2 Å². The van der Waals surface area contributed by atoms with Gasteiger partial charge in [-0.05, 0) is 23.6 Å². The van der Waals surface area contributed by atoms with Crippen LogP contribution < -0.4 is 25.3 Å². The fourth-order valence-electron chi connectivity index (χ4n) is 2.34. The molecular formula is C18H25N3O5. The van der Waals surface area contributed by atoms with Gasteiger partial charge < -0.3 is 29.7 Å². The largest absolute Gasteiger partial charge is 0.493 e.